The second-order valence-electron chi connectivity index (χ2n) is 3.82. The molecule has 1 heterocycles. The Hall–Kier alpha value is -0.870. The van der Waals surface area contributed by atoms with Crippen molar-refractivity contribution in [3.63, 3.8) is 0 Å². The molecule has 1 aromatic carbocycles. The molecule has 1 aromatic rings. The lowest BCUT2D eigenvalue weighted by molar-refractivity contribution is -0.128. The molecule has 80 valence electrons. The first-order valence-corrected chi connectivity index (χ1v) is 5.57. The van der Waals surface area contributed by atoms with E-state index in [1.165, 1.54) is 0 Å². The molecule has 2 atom stereocenters. The third-order valence-electron chi connectivity index (χ3n) is 2.72. The second kappa shape index (κ2) is 3.94. The van der Waals surface area contributed by atoms with Crippen LogP contribution in [0.5, 0.6) is 0 Å². The van der Waals surface area contributed by atoms with Crippen molar-refractivity contribution in [2.75, 3.05) is 13.6 Å². The van der Waals surface area contributed by atoms with Crippen molar-refractivity contribution in [1.82, 2.24) is 4.90 Å². The number of halogens is 1. The molecule has 1 fully saturated rings. The van der Waals surface area contributed by atoms with Crippen LogP contribution >= 0.6 is 15.9 Å². The lowest BCUT2D eigenvalue weighted by Gasteiger charge is -2.11. The average Bonchev–Trinajstić information content (AvgIpc) is 2.44. The largest absolute Gasteiger partial charge is 0.390 e. The molecule has 0 spiro atoms. The molecule has 0 radical (unpaired) electrons. The molecule has 3 nitrogen and oxygen atoms in total. The van der Waals surface area contributed by atoms with E-state index in [1.54, 1.807) is 11.9 Å². The molecule has 0 aromatic heterocycles. The average molecular weight is 270 g/mol. The summed E-state index contributed by atoms with van der Waals surface area (Å²) in [7, 11) is 1.71. The van der Waals surface area contributed by atoms with E-state index in [0.29, 0.717) is 6.54 Å². The summed E-state index contributed by atoms with van der Waals surface area (Å²) >= 11 is 3.34. The zero-order chi connectivity index (χ0) is 11.0. The fourth-order valence-corrected chi connectivity index (χ4v) is 2.18. The van der Waals surface area contributed by atoms with Gasteiger partial charge in [-0.05, 0) is 17.7 Å². The van der Waals surface area contributed by atoms with Crippen molar-refractivity contribution in [2.24, 2.45) is 0 Å². The number of likely N-dealkylation sites (tertiary alicyclic amines) is 1. The number of nitrogens with zero attached hydrogens (tertiary/aromatic N) is 1. The number of rotatable bonds is 1. The van der Waals surface area contributed by atoms with E-state index < -0.39 is 12.0 Å². The van der Waals surface area contributed by atoms with Crippen molar-refractivity contribution in [3.8, 4) is 0 Å². The van der Waals surface area contributed by atoms with Gasteiger partial charge in [-0.25, -0.2) is 0 Å². The van der Waals surface area contributed by atoms with E-state index in [-0.39, 0.29) is 5.91 Å². The molecule has 2 rings (SSSR count). The SMILES string of the molecule is CN1CC(O)C(c2ccc(Br)cc2)C1=O. The number of aliphatic hydroxyl groups is 1. The molecular formula is C11H12BrNO2. The number of carbonyl (C=O) groups excluding carboxylic acids is 1. The molecule has 2 unspecified atom stereocenters. The monoisotopic (exact) mass is 269 g/mol. The zero-order valence-electron chi connectivity index (χ0n) is 8.35. The van der Waals surface area contributed by atoms with Gasteiger partial charge < -0.3 is 10.0 Å². The van der Waals surface area contributed by atoms with Crippen molar-refractivity contribution in [1.29, 1.82) is 0 Å². The van der Waals surface area contributed by atoms with Gasteiger partial charge in [-0.1, -0.05) is 28.1 Å². The molecule has 15 heavy (non-hydrogen) atoms. The van der Waals surface area contributed by atoms with E-state index in [2.05, 4.69) is 15.9 Å². The second-order valence-corrected chi connectivity index (χ2v) is 4.73. The minimum absolute atomic E-state index is 0.00942. The van der Waals surface area contributed by atoms with Crippen molar-refractivity contribution < 1.29 is 9.90 Å². The highest BCUT2D eigenvalue weighted by Crippen LogP contribution is 2.28. The first-order valence-electron chi connectivity index (χ1n) is 4.78. The van der Waals surface area contributed by atoms with Crippen LogP contribution in [0.3, 0.4) is 0 Å². The van der Waals surface area contributed by atoms with E-state index in [0.717, 1.165) is 10.0 Å². The van der Waals surface area contributed by atoms with Crippen LogP contribution in [-0.4, -0.2) is 35.6 Å². The Kier molecular flexibility index (Phi) is 2.80. The highest BCUT2D eigenvalue weighted by molar-refractivity contribution is 9.10. The van der Waals surface area contributed by atoms with Gasteiger partial charge in [-0.2, -0.15) is 0 Å². The van der Waals surface area contributed by atoms with Gasteiger partial charge in [-0.15, -0.1) is 0 Å². The zero-order valence-corrected chi connectivity index (χ0v) is 9.94. The maximum atomic E-state index is 11.8. The topological polar surface area (TPSA) is 40.5 Å². The van der Waals surface area contributed by atoms with Crippen molar-refractivity contribution in [2.45, 2.75) is 12.0 Å². The molecule has 1 amide bonds. The van der Waals surface area contributed by atoms with Crippen molar-refractivity contribution >= 4 is 21.8 Å². The van der Waals surface area contributed by atoms with Gasteiger partial charge in [0.2, 0.25) is 5.91 Å². The number of carbonyl (C=O) groups is 1. The quantitative estimate of drug-likeness (QED) is 0.837. The summed E-state index contributed by atoms with van der Waals surface area (Å²) < 4.78 is 0.972. The Morgan fingerprint density at radius 2 is 2.00 bits per heavy atom. The van der Waals surface area contributed by atoms with E-state index in [9.17, 15) is 9.90 Å². The Labute approximate surface area is 96.8 Å². The Bertz CT molecular complexity index is 377. The van der Waals surface area contributed by atoms with Crippen LogP contribution in [0.25, 0.3) is 0 Å². The molecule has 1 aliphatic heterocycles. The summed E-state index contributed by atoms with van der Waals surface area (Å²) in [5, 5.41) is 9.78. The van der Waals surface area contributed by atoms with E-state index in [1.807, 2.05) is 24.3 Å². The van der Waals surface area contributed by atoms with Crippen LogP contribution in [0.2, 0.25) is 0 Å². The molecule has 1 saturated heterocycles. The molecule has 4 heteroatoms. The summed E-state index contributed by atoms with van der Waals surface area (Å²) in [5.74, 6) is -0.409. The number of aliphatic hydroxyl groups excluding tert-OH is 1. The number of benzene rings is 1. The van der Waals surface area contributed by atoms with Crippen LogP contribution in [0.15, 0.2) is 28.7 Å². The highest BCUT2D eigenvalue weighted by Gasteiger charge is 2.38. The lowest BCUT2D eigenvalue weighted by atomic mass is 9.96. The van der Waals surface area contributed by atoms with Crippen molar-refractivity contribution in [3.05, 3.63) is 34.3 Å². The van der Waals surface area contributed by atoms with Gasteiger partial charge in [0.25, 0.3) is 0 Å². The predicted octanol–water partition coefficient (Wildman–Crippen LogP) is 1.37. The number of β-amino-alcohol motifs (C(OH)–C–C–N with tert-alkyl or cyclic N) is 1. The normalized spacial score (nSPS) is 26.1. The summed E-state index contributed by atoms with van der Waals surface area (Å²) in [6.07, 6.45) is -0.594. The fraction of sp³-hybridized carbons (Fsp3) is 0.364. The highest BCUT2D eigenvalue weighted by atomic mass is 79.9. The van der Waals surface area contributed by atoms with Crippen LogP contribution in [-0.2, 0) is 4.79 Å². The number of hydrogen-bond acceptors (Lipinski definition) is 2. The molecule has 1 N–H and O–H groups in total. The van der Waals surface area contributed by atoms with Crippen LogP contribution in [0, 0.1) is 0 Å². The molecule has 1 aliphatic rings. The molecule has 0 aliphatic carbocycles. The Balaban J connectivity index is 2.31. The smallest absolute Gasteiger partial charge is 0.232 e. The first kappa shape index (κ1) is 10.6. The van der Waals surface area contributed by atoms with Gasteiger partial charge in [-0.3, -0.25) is 4.79 Å². The van der Waals surface area contributed by atoms with E-state index in [4.69, 9.17) is 0 Å². The Morgan fingerprint density at radius 1 is 1.40 bits per heavy atom. The van der Waals surface area contributed by atoms with Crippen LogP contribution < -0.4 is 0 Å². The molecular weight excluding hydrogens is 258 g/mol. The first-order chi connectivity index (χ1) is 7.09. The maximum absolute atomic E-state index is 11.8. The molecule has 0 bridgehead atoms. The fourth-order valence-electron chi connectivity index (χ4n) is 1.91. The van der Waals surface area contributed by atoms with Crippen LogP contribution in [0.1, 0.15) is 11.5 Å². The maximum Gasteiger partial charge on any atom is 0.232 e. The van der Waals surface area contributed by atoms with Crippen LogP contribution in [0.4, 0.5) is 0 Å². The van der Waals surface area contributed by atoms with Gasteiger partial charge in [0.05, 0.1) is 12.0 Å². The van der Waals surface area contributed by atoms with Gasteiger partial charge in [0.1, 0.15) is 0 Å². The number of likely N-dealkylation sites (N-methyl/N-ethyl adjacent to an activating group) is 1. The summed E-state index contributed by atoms with van der Waals surface area (Å²) in [6, 6.07) is 7.51. The van der Waals surface area contributed by atoms with E-state index >= 15 is 0 Å². The minimum atomic E-state index is -0.594. The third kappa shape index (κ3) is 1.92. The van der Waals surface area contributed by atoms with Gasteiger partial charge in [0, 0.05) is 18.1 Å². The molecule has 0 saturated carbocycles. The predicted molar refractivity (Wildman–Crippen MR) is 60.5 cm³/mol. The standard InChI is InChI=1S/C11H12BrNO2/c1-13-6-9(14)10(11(13)15)7-2-4-8(12)5-3-7/h2-5,9-10,14H,6H2,1H3. The summed E-state index contributed by atoms with van der Waals surface area (Å²) in [5.41, 5.74) is 0.875. The lowest BCUT2D eigenvalue weighted by Crippen LogP contribution is -2.21. The van der Waals surface area contributed by atoms with Gasteiger partial charge >= 0.3 is 0 Å². The minimum Gasteiger partial charge on any atom is -0.390 e. The van der Waals surface area contributed by atoms with Gasteiger partial charge in [0.15, 0.2) is 0 Å². The summed E-state index contributed by atoms with van der Waals surface area (Å²) in [4.78, 5) is 13.3. The number of hydrogen-bond donors (Lipinski definition) is 1. The summed E-state index contributed by atoms with van der Waals surface area (Å²) in [6.45, 7) is 0.416. The number of amides is 1. The Morgan fingerprint density at radius 3 is 2.47 bits per heavy atom. The third-order valence-corrected chi connectivity index (χ3v) is 3.25.